The number of rotatable bonds is 1. The molecule has 0 fully saturated rings. The molecule has 1 heterocycles. The Balaban J connectivity index is 2.44. The Bertz CT molecular complexity index is 243. The van der Waals surface area contributed by atoms with Crippen molar-refractivity contribution in [3.8, 4) is 17.2 Å². The van der Waals surface area contributed by atoms with Crippen molar-refractivity contribution in [2.75, 3.05) is 7.11 Å². The summed E-state index contributed by atoms with van der Waals surface area (Å²) in [6.45, 7) is 0. The van der Waals surface area contributed by atoms with E-state index in [2.05, 4.69) is 0 Å². The molecule has 0 aliphatic carbocycles. The minimum absolute atomic E-state index is 0.853. The smallest absolute Gasteiger partial charge is 0.173 e. The molecule has 0 saturated heterocycles. The van der Waals surface area contributed by atoms with Gasteiger partial charge in [0.2, 0.25) is 0 Å². The van der Waals surface area contributed by atoms with Crippen molar-refractivity contribution in [3.05, 3.63) is 18.2 Å². The summed E-state index contributed by atoms with van der Waals surface area (Å²) in [4.78, 5) is 0. The maximum atomic E-state index is 5.00. The molecule has 9 heavy (non-hydrogen) atoms. The summed E-state index contributed by atoms with van der Waals surface area (Å²) in [5.41, 5.74) is 0. The van der Waals surface area contributed by atoms with Crippen molar-refractivity contribution in [2.24, 2.45) is 0 Å². The van der Waals surface area contributed by atoms with Gasteiger partial charge in [-0.3, -0.25) is 0 Å². The van der Waals surface area contributed by atoms with E-state index in [9.17, 15) is 0 Å². The molecule has 0 bridgehead atoms. The third-order valence-corrected chi connectivity index (χ3v) is 1.33. The molecule has 1 aromatic carbocycles. The van der Waals surface area contributed by atoms with Gasteiger partial charge in [-0.1, -0.05) is 0 Å². The van der Waals surface area contributed by atoms with E-state index < -0.39 is 0 Å². The van der Waals surface area contributed by atoms with Gasteiger partial charge in [0, 0.05) is 6.07 Å². The molecule has 0 aromatic heterocycles. The molecule has 0 saturated carbocycles. The average molecular weight is 122 g/mol. The van der Waals surface area contributed by atoms with Gasteiger partial charge in [-0.05, 0) is 12.1 Å². The van der Waals surface area contributed by atoms with Gasteiger partial charge in [0.15, 0.2) is 11.5 Å². The van der Waals surface area contributed by atoms with Crippen molar-refractivity contribution in [2.45, 2.75) is 0 Å². The second-order valence-electron chi connectivity index (χ2n) is 1.91. The first kappa shape index (κ1) is 4.68. The number of benzene rings is 1. The number of ether oxygens (including phenoxy) is 2. The lowest BCUT2D eigenvalue weighted by Gasteiger charge is -1.91. The summed E-state index contributed by atoms with van der Waals surface area (Å²) < 4.78 is 9.95. The van der Waals surface area contributed by atoms with Crippen LogP contribution in [0, 0.1) is 0 Å². The normalized spacial score (nSPS) is 11.7. The summed E-state index contributed by atoms with van der Waals surface area (Å²) >= 11 is 0. The highest BCUT2D eigenvalue weighted by Gasteiger charge is 2.19. The first-order chi connectivity index (χ1) is 4.40. The molecule has 0 atom stereocenters. The van der Waals surface area contributed by atoms with Crippen LogP contribution in [0.4, 0.5) is 0 Å². The Morgan fingerprint density at radius 1 is 1.33 bits per heavy atom. The standard InChI is InChI=1S/C7H6O2/c1-8-5-2-3-6-7(4-5)9-6/h2-4H,1H3. The quantitative estimate of drug-likeness (QED) is 0.538. The summed E-state index contributed by atoms with van der Waals surface area (Å²) in [5.74, 6) is 2.76. The van der Waals surface area contributed by atoms with Gasteiger partial charge < -0.3 is 9.47 Å². The van der Waals surface area contributed by atoms with E-state index in [0.717, 1.165) is 17.2 Å². The molecule has 2 rings (SSSR count). The van der Waals surface area contributed by atoms with Crippen LogP contribution in [0.3, 0.4) is 0 Å². The monoisotopic (exact) mass is 122 g/mol. The van der Waals surface area contributed by atoms with Crippen LogP contribution in [-0.2, 0) is 0 Å². The molecule has 0 N–H and O–H groups in total. The summed E-state index contributed by atoms with van der Waals surface area (Å²) in [5, 5.41) is 0. The molecule has 1 aliphatic heterocycles. The van der Waals surface area contributed by atoms with Gasteiger partial charge in [-0.15, -0.1) is 0 Å². The van der Waals surface area contributed by atoms with Crippen LogP contribution in [0.5, 0.6) is 17.2 Å². The minimum Gasteiger partial charge on any atom is -0.497 e. The summed E-state index contributed by atoms with van der Waals surface area (Å²) in [6.07, 6.45) is 0. The van der Waals surface area contributed by atoms with E-state index in [1.165, 1.54) is 0 Å². The van der Waals surface area contributed by atoms with Crippen LogP contribution < -0.4 is 9.47 Å². The molecule has 1 aliphatic rings. The molecule has 0 radical (unpaired) electrons. The topological polar surface area (TPSA) is 21.8 Å². The van der Waals surface area contributed by atoms with E-state index in [1.807, 2.05) is 18.2 Å². The van der Waals surface area contributed by atoms with Crippen LogP contribution >= 0.6 is 0 Å². The predicted molar refractivity (Wildman–Crippen MR) is 33.1 cm³/mol. The third kappa shape index (κ3) is 0.633. The zero-order valence-electron chi connectivity index (χ0n) is 5.05. The van der Waals surface area contributed by atoms with Gasteiger partial charge in [0.1, 0.15) is 5.75 Å². The highest BCUT2D eigenvalue weighted by molar-refractivity contribution is 5.57. The molecule has 0 amide bonds. The van der Waals surface area contributed by atoms with Crippen molar-refractivity contribution in [3.63, 3.8) is 0 Å². The summed E-state index contributed by atoms with van der Waals surface area (Å²) in [6, 6.07) is 5.65. The van der Waals surface area contributed by atoms with Gasteiger partial charge in [-0.2, -0.15) is 0 Å². The Kier molecular flexibility index (Phi) is 0.730. The van der Waals surface area contributed by atoms with E-state index >= 15 is 0 Å². The van der Waals surface area contributed by atoms with Gasteiger partial charge >= 0.3 is 0 Å². The maximum absolute atomic E-state index is 5.00. The Hall–Kier alpha value is -1.18. The SMILES string of the molecule is COc1ccc2c(c1)O2. The molecule has 0 spiro atoms. The largest absolute Gasteiger partial charge is 0.497 e. The van der Waals surface area contributed by atoms with E-state index in [4.69, 9.17) is 9.47 Å². The predicted octanol–water partition coefficient (Wildman–Crippen LogP) is 1.80. The molecule has 2 nitrogen and oxygen atoms in total. The molecule has 2 heteroatoms. The van der Waals surface area contributed by atoms with E-state index in [-0.39, 0.29) is 0 Å². The van der Waals surface area contributed by atoms with Crippen molar-refractivity contribution in [1.82, 2.24) is 0 Å². The fourth-order valence-corrected chi connectivity index (χ4v) is 0.772. The lowest BCUT2D eigenvalue weighted by atomic mass is 10.3. The van der Waals surface area contributed by atoms with Crippen LogP contribution in [0.1, 0.15) is 0 Å². The molecule has 1 aromatic rings. The second-order valence-corrected chi connectivity index (χ2v) is 1.91. The van der Waals surface area contributed by atoms with Crippen LogP contribution in [0.25, 0.3) is 0 Å². The minimum atomic E-state index is 0.853. The zero-order chi connectivity index (χ0) is 6.27. The highest BCUT2D eigenvalue weighted by Crippen LogP contribution is 2.46. The van der Waals surface area contributed by atoms with Gasteiger partial charge in [0.25, 0.3) is 0 Å². The van der Waals surface area contributed by atoms with Crippen molar-refractivity contribution in [1.29, 1.82) is 0 Å². The third-order valence-electron chi connectivity index (χ3n) is 1.33. The molecular weight excluding hydrogens is 116 g/mol. The average Bonchev–Trinajstić information content (AvgIpc) is 2.64. The molecule has 0 unspecified atom stereocenters. The molecular formula is C7H6O2. The lowest BCUT2D eigenvalue weighted by Crippen LogP contribution is -1.77. The number of fused-ring (bicyclic) bond motifs is 1. The lowest BCUT2D eigenvalue weighted by molar-refractivity contribution is 0.415. The van der Waals surface area contributed by atoms with Crippen LogP contribution in [-0.4, -0.2) is 7.11 Å². The number of hydrogen-bond acceptors (Lipinski definition) is 2. The first-order valence-electron chi connectivity index (χ1n) is 2.76. The summed E-state index contributed by atoms with van der Waals surface area (Å²) in [7, 11) is 1.64. The van der Waals surface area contributed by atoms with Gasteiger partial charge in [-0.25, -0.2) is 0 Å². The first-order valence-corrected chi connectivity index (χ1v) is 2.76. The zero-order valence-corrected chi connectivity index (χ0v) is 5.05. The maximum Gasteiger partial charge on any atom is 0.173 e. The van der Waals surface area contributed by atoms with Crippen molar-refractivity contribution < 1.29 is 9.47 Å². The number of methoxy groups -OCH3 is 1. The second kappa shape index (κ2) is 1.41. The van der Waals surface area contributed by atoms with E-state index in [1.54, 1.807) is 7.11 Å². The Morgan fingerprint density at radius 3 is 2.89 bits per heavy atom. The Morgan fingerprint density at radius 2 is 2.22 bits per heavy atom. The van der Waals surface area contributed by atoms with Crippen molar-refractivity contribution >= 4 is 0 Å². The van der Waals surface area contributed by atoms with Gasteiger partial charge in [0.05, 0.1) is 7.11 Å². The Labute approximate surface area is 53.0 Å². The fourth-order valence-electron chi connectivity index (χ4n) is 0.772. The van der Waals surface area contributed by atoms with E-state index in [0.29, 0.717) is 0 Å². The van der Waals surface area contributed by atoms with Crippen LogP contribution in [0.2, 0.25) is 0 Å². The fraction of sp³-hybridized carbons (Fsp3) is 0.143. The molecule has 46 valence electrons. The number of hydrogen-bond donors (Lipinski definition) is 0. The van der Waals surface area contributed by atoms with Crippen LogP contribution in [0.15, 0.2) is 18.2 Å². The highest BCUT2D eigenvalue weighted by atomic mass is 16.6.